The molecule has 1 aliphatic rings. The van der Waals surface area contributed by atoms with Gasteiger partial charge in [-0.2, -0.15) is 0 Å². The van der Waals surface area contributed by atoms with E-state index in [1.165, 1.54) is 5.01 Å². The Morgan fingerprint density at radius 3 is 2.43 bits per heavy atom. The third-order valence-electron chi connectivity index (χ3n) is 3.79. The van der Waals surface area contributed by atoms with Crippen LogP contribution in [0.3, 0.4) is 0 Å². The summed E-state index contributed by atoms with van der Waals surface area (Å²) in [6, 6.07) is 15.7. The number of carbonyl (C=O) groups is 2. The molecule has 0 aromatic heterocycles. The van der Waals surface area contributed by atoms with E-state index in [0.717, 1.165) is 5.56 Å². The van der Waals surface area contributed by atoms with Gasteiger partial charge in [-0.15, -0.1) is 0 Å². The third kappa shape index (κ3) is 3.12. The molecule has 116 valence electrons. The molecule has 1 fully saturated rings. The lowest BCUT2D eigenvalue weighted by molar-refractivity contribution is -0.128. The summed E-state index contributed by atoms with van der Waals surface area (Å²) in [6.07, 6.45) is 0.468. The summed E-state index contributed by atoms with van der Waals surface area (Å²) in [5, 5.41) is 1.97. The van der Waals surface area contributed by atoms with Gasteiger partial charge < -0.3 is 0 Å². The maximum absolute atomic E-state index is 12.3. The molecule has 0 radical (unpaired) electrons. The highest BCUT2D eigenvalue weighted by Crippen LogP contribution is 2.34. The lowest BCUT2D eigenvalue weighted by atomic mass is 10.0. The number of rotatable bonds is 3. The van der Waals surface area contributed by atoms with Crippen molar-refractivity contribution in [2.24, 2.45) is 0 Å². The van der Waals surface area contributed by atoms with Crippen molar-refractivity contribution in [1.82, 2.24) is 10.4 Å². The van der Waals surface area contributed by atoms with Crippen LogP contribution < -0.4 is 5.43 Å². The van der Waals surface area contributed by atoms with Crippen molar-refractivity contribution in [2.45, 2.75) is 12.5 Å². The summed E-state index contributed by atoms with van der Waals surface area (Å²) in [5.41, 5.74) is 4.55. The van der Waals surface area contributed by atoms with Crippen molar-refractivity contribution in [1.29, 1.82) is 0 Å². The molecular formula is C18H15ClN2O2. The first-order valence-electron chi connectivity index (χ1n) is 7.19. The van der Waals surface area contributed by atoms with Gasteiger partial charge in [0.2, 0.25) is 0 Å². The molecule has 0 bridgehead atoms. The van der Waals surface area contributed by atoms with Crippen LogP contribution in [0.4, 0.5) is 0 Å². The highest BCUT2D eigenvalue weighted by atomic mass is 35.5. The second kappa shape index (κ2) is 6.26. The topological polar surface area (TPSA) is 49.4 Å². The van der Waals surface area contributed by atoms with Gasteiger partial charge in [0, 0.05) is 22.6 Å². The van der Waals surface area contributed by atoms with Crippen molar-refractivity contribution in [3.05, 3.63) is 82.9 Å². The van der Waals surface area contributed by atoms with Crippen LogP contribution in [0.5, 0.6) is 0 Å². The van der Waals surface area contributed by atoms with Crippen LogP contribution in [0.2, 0.25) is 5.02 Å². The largest absolute Gasteiger partial charge is 0.269 e. The van der Waals surface area contributed by atoms with Gasteiger partial charge in [-0.1, -0.05) is 48.5 Å². The maximum Gasteiger partial charge on any atom is 0.269 e. The molecule has 2 aromatic carbocycles. The zero-order valence-electron chi connectivity index (χ0n) is 12.3. The smallest absolute Gasteiger partial charge is 0.268 e. The number of carbonyl (C=O) groups excluding carboxylic acids is 2. The van der Waals surface area contributed by atoms with E-state index >= 15 is 0 Å². The Bertz CT molecular complexity index is 756. The minimum Gasteiger partial charge on any atom is -0.268 e. The fraction of sp³-hybridized carbons (Fsp3) is 0.111. The van der Waals surface area contributed by atoms with E-state index in [4.69, 9.17) is 11.6 Å². The normalized spacial score (nSPS) is 17.4. The second-order valence-electron chi connectivity index (χ2n) is 5.36. The van der Waals surface area contributed by atoms with E-state index in [1.807, 2.05) is 18.2 Å². The molecule has 1 aliphatic heterocycles. The van der Waals surface area contributed by atoms with Gasteiger partial charge >= 0.3 is 0 Å². The van der Waals surface area contributed by atoms with E-state index in [-0.39, 0.29) is 17.9 Å². The van der Waals surface area contributed by atoms with Crippen molar-refractivity contribution in [2.75, 3.05) is 0 Å². The number of benzene rings is 2. The van der Waals surface area contributed by atoms with Gasteiger partial charge in [0.05, 0.1) is 6.04 Å². The number of amides is 2. The summed E-state index contributed by atoms with van der Waals surface area (Å²) in [5.74, 6) is -0.596. The second-order valence-corrected chi connectivity index (χ2v) is 5.79. The Kier molecular flexibility index (Phi) is 4.17. The highest BCUT2D eigenvalue weighted by Gasteiger charge is 2.36. The Hall–Kier alpha value is -2.59. The predicted octanol–water partition coefficient (Wildman–Crippen LogP) is 3.51. The van der Waals surface area contributed by atoms with Crippen molar-refractivity contribution >= 4 is 23.4 Å². The monoisotopic (exact) mass is 326 g/mol. The molecule has 2 amide bonds. The summed E-state index contributed by atoms with van der Waals surface area (Å²) in [6.45, 7) is 3.79. The molecule has 1 atom stereocenters. The first kappa shape index (κ1) is 15.3. The van der Waals surface area contributed by atoms with Crippen LogP contribution in [0.1, 0.15) is 28.4 Å². The maximum atomic E-state index is 12.3. The quantitative estimate of drug-likeness (QED) is 0.877. The third-order valence-corrected chi connectivity index (χ3v) is 4.04. The number of hydrazine groups is 1. The van der Waals surface area contributed by atoms with Crippen LogP contribution in [0.15, 0.2) is 66.7 Å². The van der Waals surface area contributed by atoms with Crippen LogP contribution in [-0.2, 0) is 4.79 Å². The zero-order valence-corrected chi connectivity index (χ0v) is 13.1. The molecular weight excluding hydrogens is 312 g/mol. The summed E-state index contributed by atoms with van der Waals surface area (Å²) >= 11 is 5.91. The minimum absolute atomic E-state index is 0.269. The van der Waals surface area contributed by atoms with Gasteiger partial charge in [-0.05, 0) is 29.8 Å². The number of halogens is 1. The molecule has 0 saturated carbocycles. The van der Waals surface area contributed by atoms with Crippen molar-refractivity contribution < 1.29 is 9.59 Å². The molecule has 0 aliphatic carbocycles. The first-order chi connectivity index (χ1) is 11.1. The first-order valence-corrected chi connectivity index (χ1v) is 7.57. The molecule has 5 heteroatoms. The highest BCUT2D eigenvalue weighted by molar-refractivity contribution is 6.30. The Morgan fingerprint density at radius 2 is 1.78 bits per heavy atom. The van der Waals surface area contributed by atoms with Gasteiger partial charge in [0.1, 0.15) is 0 Å². The Balaban J connectivity index is 1.85. The fourth-order valence-corrected chi connectivity index (χ4v) is 2.69. The predicted molar refractivity (Wildman–Crippen MR) is 88.7 cm³/mol. The zero-order chi connectivity index (χ0) is 16.4. The molecule has 2 aromatic rings. The lowest BCUT2D eigenvalue weighted by Crippen LogP contribution is -2.44. The van der Waals surface area contributed by atoms with Gasteiger partial charge in [-0.3, -0.25) is 15.0 Å². The molecule has 1 heterocycles. The van der Waals surface area contributed by atoms with Gasteiger partial charge in [0.25, 0.3) is 11.8 Å². The SMILES string of the molecule is C=C1CC(c2ccc(Cl)cc2)N(NC(=O)c2ccccc2)C1=O. The number of hydrogen-bond donors (Lipinski definition) is 1. The van der Waals surface area contributed by atoms with Gasteiger partial charge in [0.15, 0.2) is 0 Å². The molecule has 3 rings (SSSR count). The standard InChI is InChI=1S/C18H15ClN2O2/c1-12-11-16(13-7-9-15(19)10-8-13)21(18(12)23)20-17(22)14-5-3-2-4-6-14/h2-10,16H,1,11H2,(H,20,22). The van der Waals surface area contributed by atoms with E-state index in [1.54, 1.807) is 36.4 Å². The fourth-order valence-electron chi connectivity index (χ4n) is 2.57. The Labute approximate surface area is 139 Å². The van der Waals surface area contributed by atoms with Crippen LogP contribution in [-0.4, -0.2) is 16.8 Å². The summed E-state index contributed by atoms with van der Waals surface area (Å²) in [7, 11) is 0. The molecule has 1 unspecified atom stereocenters. The van der Waals surface area contributed by atoms with Crippen LogP contribution in [0.25, 0.3) is 0 Å². The molecule has 1 saturated heterocycles. The minimum atomic E-state index is -0.326. The summed E-state index contributed by atoms with van der Waals surface area (Å²) in [4.78, 5) is 24.6. The Morgan fingerprint density at radius 1 is 1.13 bits per heavy atom. The van der Waals surface area contributed by atoms with Crippen LogP contribution in [0, 0.1) is 0 Å². The lowest BCUT2D eigenvalue weighted by Gasteiger charge is -2.25. The number of nitrogens with one attached hydrogen (secondary N) is 1. The van der Waals surface area contributed by atoms with E-state index < -0.39 is 0 Å². The average molecular weight is 327 g/mol. The van der Waals surface area contributed by atoms with E-state index in [0.29, 0.717) is 22.6 Å². The van der Waals surface area contributed by atoms with E-state index in [2.05, 4.69) is 12.0 Å². The average Bonchev–Trinajstić information content (AvgIpc) is 2.85. The summed E-state index contributed by atoms with van der Waals surface area (Å²) < 4.78 is 0. The van der Waals surface area contributed by atoms with Crippen LogP contribution >= 0.6 is 11.6 Å². The number of hydrogen-bond acceptors (Lipinski definition) is 2. The molecule has 23 heavy (non-hydrogen) atoms. The molecule has 0 spiro atoms. The van der Waals surface area contributed by atoms with Crippen molar-refractivity contribution in [3.8, 4) is 0 Å². The number of nitrogens with zero attached hydrogens (tertiary/aromatic N) is 1. The molecule has 4 nitrogen and oxygen atoms in total. The van der Waals surface area contributed by atoms with E-state index in [9.17, 15) is 9.59 Å². The van der Waals surface area contributed by atoms with Crippen molar-refractivity contribution in [3.63, 3.8) is 0 Å². The molecule has 1 N–H and O–H groups in total. The van der Waals surface area contributed by atoms with Gasteiger partial charge in [-0.25, -0.2) is 5.01 Å².